The lowest BCUT2D eigenvalue weighted by Crippen LogP contribution is -2.26. The molecule has 0 N–H and O–H groups in total. The Bertz CT molecular complexity index is 689. The summed E-state index contributed by atoms with van der Waals surface area (Å²) in [6.07, 6.45) is 0. The van der Waals surface area contributed by atoms with Gasteiger partial charge in [0.05, 0.1) is 17.1 Å². The summed E-state index contributed by atoms with van der Waals surface area (Å²) < 4.78 is 38.7. The predicted octanol–water partition coefficient (Wildman–Crippen LogP) is 2.72. The second-order valence-corrected chi connectivity index (χ2v) is 7.80. The molecular weight excluding hydrogens is 299 g/mol. The minimum absolute atomic E-state index is 0.0754. The number of thiazole rings is 1. The Morgan fingerprint density at radius 3 is 2.35 bits per heavy atom. The average Bonchev–Trinajstić information content (AvgIpc) is 2.68. The van der Waals surface area contributed by atoms with Crippen molar-refractivity contribution in [3.63, 3.8) is 0 Å². The number of nitrogens with zero attached hydrogens (tertiary/aromatic N) is 2. The van der Waals surface area contributed by atoms with Crippen LogP contribution in [0.1, 0.15) is 15.6 Å². The Labute approximate surface area is 121 Å². The number of hydrogen-bond acceptors (Lipinski definition) is 4. The number of halogens is 1. The monoisotopic (exact) mass is 314 g/mol. The van der Waals surface area contributed by atoms with Crippen LogP contribution in [0.3, 0.4) is 0 Å². The molecule has 1 aromatic heterocycles. The number of aryl methyl sites for hydroxylation is 2. The number of rotatable bonds is 4. The van der Waals surface area contributed by atoms with Gasteiger partial charge in [-0.05, 0) is 38.1 Å². The Balaban J connectivity index is 2.23. The third-order valence-electron chi connectivity index (χ3n) is 2.95. The van der Waals surface area contributed by atoms with Gasteiger partial charge in [-0.1, -0.05) is 0 Å². The summed E-state index contributed by atoms with van der Waals surface area (Å²) in [6, 6.07) is 4.80. The molecule has 0 radical (unpaired) electrons. The second kappa shape index (κ2) is 5.59. The van der Waals surface area contributed by atoms with Gasteiger partial charge in [-0.2, -0.15) is 4.31 Å². The van der Waals surface area contributed by atoms with Crippen LogP contribution in [0.2, 0.25) is 0 Å². The highest BCUT2D eigenvalue weighted by Gasteiger charge is 2.22. The van der Waals surface area contributed by atoms with Crippen LogP contribution in [0, 0.1) is 19.7 Å². The average molecular weight is 314 g/mol. The fraction of sp³-hybridized carbons (Fsp3) is 0.308. The maximum absolute atomic E-state index is 12.9. The van der Waals surface area contributed by atoms with E-state index >= 15 is 0 Å². The van der Waals surface area contributed by atoms with E-state index in [1.165, 1.54) is 34.8 Å². The van der Waals surface area contributed by atoms with E-state index in [-0.39, 0.29) is 11.4 Å². The van der Waals surface area contributed by atoms with Crippen LogP contribution in [0.15, 0.2) is 29.2 Å². The molecule has 0 spiro atoms. The minimum Gasteiger partial charge on any atom is -0.245 e. The predicted molar refractivity (Wildman–Crippen MR) is 76.6 cm³/mol. The van der Waals surface area contributed by atoms with Crippen LogP contribution in [-0.4, -0.2) is 24.8 Å². The fourth-order valence-corrected chi connectivity index (χ4v) is 3.87. The highest BCUT2D eigenvalue weighted by atomic mass is 32.2. The number of sulfonamides is 1. The smallest absolute Gasteiger partial charge is 0.243 e. The van der Waals surface area contributed by atoms with Crippen molar-refractivity contribution in [2.45, 2.75) is 25.3 Å². The quantitative estimate of drug-likeness (QED) is 0.872. The van der Waals surface area contributed by atoms with Gasteiger partial charge in [0, 0.05) is 11.9 Å². The molecule has 20 heavy (non-hydrogen) atoms. The number of aromatic nitrogens is 1. The Morgan fingerprint density at radius 1 is 1.25 bits per heavy atom. The summed E-state index contributed by atoms with van der Waals surface area (Å²) >= 11 is 1.48. The van der Waals surface area contributed by atoms with E-state index in [4.69, 9.17) is 0 Å². The molecule has 0 aliphatic rings. The van der Waals surface area contributed by atoms with Crippen LogP contribution >= 0.6 is 11.3 Å². The van der Waals surface area contributed by atoms with E-state index in [1.54, 1.807) is 0 Å². The molecule has 0 bridgehead atoms. The highest BCUT2D eigenvalue weighted by molar-refractivity contribution is 7.89. The minimum atomic E-state index is -3.62. The molecule has 0 unspecified atom stereocenters. The zero-order valence-electron chi connectivity index (χ0n) is 11.4. The van der Waals surface area contributed by atoms with Crippen molar-refractivity contribution in [1.29, 1.82) is 0 Å². The van der Waals surface area contributed by atoms with E-state index in [9.17, 15) is 12.8 Å². The molecule has 0 aliphatic heterocycles. The molecule has 7 heteroatoms. The van der Waals surface area contributed by atoms with Crippen LogP contribution in [0.25, 0.3) is 0 Å². The lowest BCUT2D eigenvalue weighted by molar-refractivity contribution is 0.465. The van der Waals surface area contributed by atoms with Gasteiger partial charge in [0.25, 0.3) is 0 Å². The lowest BCUT2D eigenvalue weighted by Gasteiger charge is -2.15. The molecule has 108 valence electrons. The van der Waals surface area contributed by atoms with Gasteiger partial charge in [0.15, 0.2) is 0 Å². The van der Waals surface area contributed by atoms with Gasteiger partial charge in [-0.25, -0.2) is 17.8 Å². The van der Waals surface area contributed by atoms with Crippen molar-refractivity contribution >= 4 is 21.4 Å². The molecule has 0 amide bonds. The summed E-state index contributed by atoms with van der Waals surface area (Å²) in [7, 11) is -2.13. The van der Waals surface area contributed by atoms with E-state index in [2.05, 4.69) is 4.98 Å². The number of hydrogen-bond donors (Lipinski definition) is 0. The molecule has 0 fully saturated rings. The second-order valence-electron chi connectivity index (χ2n) is 4.46. The zero-order valence-corrected chi connectivity index (χ0v) is 13.1. The zero-order chi connectivity index (χ0) is 14.9. The van der Waals surface area contributed by atoms with Gasteiger partial charge in [0.1, 0.15) is 10.8 Å². The van der Waals surface area contributed by atoms with Gasteiger partial charge >= 0.3 is 0 Å². The van der Waals surface area contributed by atoms with Crippen molar-refractivity contribution in [3.8, 4) is 0 Å². The maximum Gasteiger partial charge on any atom is 0.243 e. The first-order valence-electron chi connectivity index (χ1n) is 5.95. The Kier molecular flexibility index (Phi) is 4.22. The molecule has 0 saturated carbocycles. The standard InChI is InChI=1S/C13H15FN2O2S2/c1-9-10(2)19-13(15-9)8-16(3)20(17,18)12-6-4-11(14)5-7-12/h4-7H,8H2,1-3H3. The first-order valence-corrected chi connectivity index (χ1v) is 8.21. The molecule has 2 rings (SSSR count). The lowest BCUT2D eigenvalue weighted by atomic mass is 10.4. The largest absolute Gasteiger partial charge is 0.245 e. The van der Waals surface area contributed by atoms with Gasteiger partial charge in [-0.3, -0.25) is 0 Å². The molecular formula is C13H15FN2O2S2. The summed E-state index contributed by atoms with van der Waals surface area (Å²) in [6.45, 7) is 4.05. The van der Waals surface area contributed by atoms with Crippen molar-refractivity contribution < 1.29 is 12.8 Å². The molecule has 1 heterocycles. The third kappa shape index (κ3) is 3.05. The highest BCUT2D eigenvalue weighted by Crippen LogP contribution is 2.21. The number of benzene rings is 1. The van der Waals surface area contributed by atoms with Gasteiger partial charge in [0.2, 0.25) is 10.0 Å². The fourth-order valence-electron chi connectivity index (χ4n) is 1.67. The van der Waals surface area contributed by atoms with Crippen molar-refractivity contribution in [3.05, 3.63) is 45.7 Å². The first kappa shape index (κ1) is 15.1. The first-order chi connectivity index (χ1) is 9.30. The molecule has 2 aromatic rings. The normalized spacial score (nSPS) is 12.1. The van der Waals surface area contributed by atoms with Crippen LogP contribution < -0.4 is 0 Å². The van der Waals surface area contributed by atoms with Crippen LogP contribution in [0.5, 0.6) is 0 Å². The maximum atomic E-state index is 12.9. The Hall–Kier alpha value is -1.31. The van der Waals surface area contributed by atoms with E-state index < -0.39 is 15.8 Å². The summed E-state index contributed by atoms with van der Waals surface area (Å²) in [4.78, 5) is 5.48. The van der Waals surface area contributed by atoms with Crippen molar-refractivity contribution in [2.75, 3.05) is 7.05 Å². The third-order valence-corrected chi connectivity index (χ3v) is 5.83. The van der Waals surface area contributed by atoms with Crippen molar-refractivity contribution in [2.24, 2.45) is 0 Å². The van der Waals surface area contributed by atoms with E-state index in [0.29, 0.717) is 0 Å². The summed E-state index contributed by atoms with van der Waals surface area (Å²) in [5, 5.41) is 0.744. The molecule has 0 atom stereocenters. The Morgan fingerprint density at radius 2 is 1.85 bits per heavy atom. The van der Waals surface area contributed by atoms with Crippen LogP contribution in [-0.2, 0) is 16.6 Å². The topological polar surface area (TPSA) is 50.3 Å². The van der Waals surface area contributed by atoms with Gasteiger partial charge in [-0.15, -0.1) is 11.3 Å². The van der Waals surface area contributed by atoms with E-state index in [1.807, 2.05) is 13.8 Å². The summed E-state index contributed by atoms with van der Waals surface area (Å²) in [5.41, 5.74) is 0.914. The summed E-state index contributed by atoms with van der Waals surface area (Å²) in [5.74, 6) is -0.460. The molecule has 0 saturated heterocycles. The molecule has 0 aliphatic carbocycles. The van der Waals surface area contributed by atoms with Crippen LogP contribution in [0.4, 0.5) is 4.39 Å². The molecule has 1 aromatic carbocycles. The van der Waals surface area contributed by atoms with Crippen molar-refractivity contribution in [1.82, 2.24) is 9.29 Å². The van der Waals surface area contributed by atoms with Gasteiger partial charge < -0.3 is 0 Å². The SMILES string of the molecule is Cc1nc(CN(C)S(=O)(=O)c2ccc(F)cc2)sc1C. The van der Waals surface area contributed by atoms with E-state index in [0.717, 1.165) is 27.7 Å². The molecule has 4 nitrogen and oxygen atoms in total.